The summed E-state index contributed by atoms with van der Waals surface area (Å²) >= 11 is 5.82. The SMILES string of the molecule is O=C1Nc2[nH]c(=O)[nH]c(=O)c2C(c2ccc(Cl)cc2)N1. The lowest BCUT2D eigenvalue weighted by molar-refractivity contribution is 0.248. The van der Waals surface area contributed by atoms with E-state index in [4.69, 9.17) is 11.6 Å². The molecule has 0 radical (unpaired) electrons. The van der Waals surface area contributed by atoms with Crippen LogP contribution < -0.4 is 21.9 Å². The first-order valence-electron chi connectivity index (χ1n) is 5.74. The number of urea groups is 1. The summed E-state index contributed by atoms with van der Waals surface area (Å²) < 4.78 is 0. The number of nitrogens with one attached hydrogen (secondary N) is 4. The molecule has 1 atom stereocenters. The summed E-state index contributed by atoms with van der Waals surface area (Å²) in [5, 5.41) is 5.58. The minimum absolute atomic E-state index is 0.0995. The Morgan fingerprint density at radius 2 is 1.70 bits per heavy atom. The van der Waals surface area contributed by atoms with Gasteiger partial charge in [0, 0.05) is 5.02 Å². The zero-order chi connectivity index (χ0) is 14.3. The minimum Gasteiger partial charge on any atom is -0.327 e. The molecule has 0 fully saturated rings. The Bertz CT molecular complexity index is 794. The van der Waals surface area contributed by atoms with Gasteiger partial charge >= 0.3 is 11.7 Å². The summed E-state index contributed by atoms with van der Waals surface area (Å²) in [7, 11) is 0. The van der Waals surface area contributed by atoms with E-state index >= 15 is 0 Å². The van der Waals surface area contributed by atoms with Crippen molar-refractivity contribution >= 4 is 23.4 Å². The normalized spacial score (nSPS) is 17.1. The van der Waals surface area contributed by atoms with E-state index in [2.05, 4.69) is 20.6 Å². The molecule has 7 nitrogen and oxygen atoms in total. The smallest absolute Gasteiger partial charge is 0.327 e. The maximum absolute atomic E-state index is 11.9. The molecule has 0 saturated heterocycles. The Balaban J connectivity index is 2.19. The van der Waals surface area contributed by atoms with Crippen LogP contribution in [0.2, 0.25) is 5.02 Å². The van der Waals surface area contributed by atoms with Gasteiger partial charge in [0.05, 0.1) is 11.6 Å². The van der Waals surface area contributed by atoms with Gasteiger partial charge in [-0.3, -0.25) is 20.1 Å². The second kappa shape index (κ2) is 4.53. The van der Waals surface area contributed by atoms with E-state index in [1.807, 2.05) is 0 Å². The number of amides is 2. The Morgan fingerprint density at radius 1 is 1.00 bits per heavy atom. The molecular weight excluding hydrogens is 284 g/mol. The van der Waals surface area contributed by atoms with Gasteiger partial charge < -0.3 is 5.32 Å². The molecule has 20 heavy (non-hydrogen) atoms. The molecule has 0 bridgehead atoms. The molecule has 2 aromatic rings. The number of hydrogen-bond donors (Lipinski definition) is 4. The average molecular weight is 293 g/mol. The van der Waals surface area contributed by atoms with E-state index in [1.165, 1.54) is 0 Å². The average Bonchev–Trinajstić information content (AvgIpc) is 2.37. The quantitative estimate of drug-likeness (QED) is 0.628. The maximum Gasteiger partial charge on any atom is 0.327 e. The first kappa shape index (κ1) is 12.5. The van der Waals surface area contributed by atoms with Crippen LogP contribution >= 0.6 is 11.6 Å². The van der Waals surface area contributed by atoms with Crippen LogP contribution in [0.4, 0.5) is 10.6 Å². The first-order chi connectivity index (χ1) is 9.54. The third-order valence-corrected chi connectivity index (χ3v) is 3.24. The number of anilines is 1. The topological polar surface area (TPSA) is 107 Å². The number of carbonyl (C=O) groups is 1. The van der Waals surface area contributed by atoms with Gasteiger partial charge in [-0.25, -0.2) is 9.59 Å². The largest absolute Gasteiger partial charge is 0.327 e. The number of rotatable bonds is 1. The van der Waals surface area contributed by atoms with E-state index in [1.54, 1.807) is 24.3 Å². The van der Waals surface area contributed by atoms with Gasteiger partial charge in [-0.05, 0) is 17.7 Å². The zero-order valence-electron chi connectivity index (χ0n) is 9.99. The molecule has 102 valence electrons. The fourth-order valence-corrected chi connectivity index (χ4v) is 2.25. The van der Waals surface area contributed by atoms with Gasteiger partial charge in [-0.2, -0.15) is 0 Å². The van der Waals surface area contributed by atoms with E-state index in [0.29, 0.717) is 10.6 Å². The highest BCUT2D eigenvalue weighted by Crippen LogP contribution is 2.27. The van der Waals surface area contributed by atoms with Crippen LogP contribution in [-0.4, -0.2) is 16.0 Å². The molecule has 8 heteroatoms. The van der Waals surface area contributed by atoms with E-state index in [-0.39, 0.29) is 11.4 Å². The van der Waals surface area contributed by atoms with Crippen molar-refractivity contribution in [3.05, 3.63) is 61.3 Å². The van der Waals surface area contributed by atoms with Crippen LogP contribution in [-0.2, 0) is 0 Å². The predicted molar refractivity (Wildman–Crippen MR) is 73.1 cm³/mol. The highest BCUT2D eigenvalue weighted by molar-refractivity contribution is 6.30. The molecule has 1 aliphatic heterocycles. The summed E-state index contributed by atoms with van der Waals surface area (Å²) in [6, 6.07) is 5.56. The summed E-state index contributed by atoms with van der Waals surface area (Å²) in [4.78, 5) is 39.4. The fraction of sp³-hybridized carbons (Fsp3) is 0.0833. The van der Waals surface area contributed by atoms with Gasteiger partial charge in [0.1, 0.15) is 5.82 Å². The third kappa shape index (κ3) is 2.08. The number of carbonyl (C=O) groups excluding carboxylic acids is 1. The van der Waals surface area contributed by atoms with Gasteiger partial charge in [0.25, 0.3) is 5.56 Å². The number of aromatic amines is 2. The number of halogens is 1. The lowest BCUT2D eigenvalue weighted by Gasteiger charge is -2.26. The lowest BCUT2D eigenvalue weighted by Crippen LogP contribution is -2.44. The summed E-state index contributed by atoms with van der Waals surface area (Å²) in [6.07, 6.45) is 0. The first-order valence-corrected chi connectivity index (χ1v) is 6.12. The van der Waals surface area contributed by atoms with Crippen LogP contribution in [0, 0.1) is 0 Å². The molecule has 2 amide bonds. The van der Waals surface area contributed by atoms with Gasteiger partial charge in [-0.1, -0.05) is 23.7 Å². The second-order valence-corrected chi connectivity index (χ2v) is 4.72. The Hall–Kier alpha value is -2.54. The Morgan fingerprint density at radius 3 is 2.40 bits per heavy atom. The Kier molecular flexibility index (Phi) is 2.83. The van der Waals surface area contributed by atoms with E-state index in [0.717, 1.165) is 0 Å². The van der Waals surface area contributed by atoms with Crippen molar-refractivity contribution in [3.8, 4) is 0 Å². The van der Waals surface area contributed by atoms with Crippen molar-refractivity contribution in [2.45, 2.75) is 6.04 Å². The number of hydrogen-bond acceptors (Lipinski definition) is 3. The van der Waals surface area contributed by atoms with Crippen molar-refractivity contribution < 1.29 is 4.79 Å². The van der Waals surface area contributed by atoms with Crippen LogP contribution in [0.15, 0.2) is 33.9 Å². The number of aromatic nitrogens is 2. The molecule has 2 heterocycles. The van der Waals surface area contributed by atoms with E-state index < -0.39 is 23.3 Å². The molecule has 1 aromatic heterocycles. The molecule has 1 unspecified atom stereocenters. The number of fused-ring (bicyclic) bond motifs is 1. The molecule has 0 saturated carbocycles. The monoisotopic (exact) mass is 292 g/mol. The predicted octanol–water partition coefficient (Wildman–Crippen LogP) is 0.941. The van der Waals surface area contributed by atoms with Crippen molar-refractivity contribution in [1.29, 1.82) is 0 Å². The molecule has 3 rings (SSSR count). The zero-order valence-corrected chi connectivity index (χ0v) is 10.7. The standard InChI is InChI=1S/C12H9ClN4O3/c13-6-3-1-5(2-4-6)8-7-9(15-11(19)14-8)16-12(20)17-10(7)18/h1-4,8H,(H4,14,15,16,17,18,19,20). The minimum atomic E-state index is -0.675. The van der Waals surface area contributed by atoms with Crippen LogP contribution in [0.5, 0.6) is 0 Å². The number of benzene rings is 1. The van der Waals surface area contributed by atoms with Crippen molar-refractivity contribution in [1.82, 2.24) is 15.3 Å². The molecule has 1 aliphatic rings. The summed E-state index contributed by atoms with van der Waals surface area (Å²) in [6.45, 7) is 0. The Labute approximate surface area is 117 Å². The van der Waals surface area contributed by atoms with E-state index in [9.17, 15) is 14.4 Å². The molecule has 0 spiro atoms. The van der Waals surface area contributed by atoms with Crippen molar-refractivity contribution in [2.24, 2.45) is 0 Å². The van der Waals surface area contributed by atoms with Crippen LogP contribution in [0.25, 0.3) is 0 Å². The third-order valence-electron chi connectivity index (χ3n) is 2.99. The fourth-order valence-electron chi connectivity index (χ4n) is 2.13. The highest BCUT2D eigenvalue weighted by atomic mass is 35.5. The lowest BCUT2D eigenvalue weighted by atomic mass is 9.99. The second-order valence-electron chi connectivity index (χ2n) is 4.28. The summed E-state index contributed by atoms with van der Waals surface area (Å²) in [5.41, 5.74) is -0.309. The van der Waals surface area contributed by atoms with Crippen LogP contribution in [0.3, 0.4) is 0 Å². The molecular formula is C12H9ClN4O3. The van der Waals surface area contributed by atoms with Crippen LogP contribution in [0.1, 0.15) is 17.2 Å². The van der Waals surface area contributed by atoms with Gasteiger partial charge in [0.15, 0.2) is 0 Å². The van der Waals surface area contributed by atoms with Crippen molar-refractivity contribution in [2.75, 3.05) is 5.32 Å². The highest BCUT2D eigenvalue weighted by Gasteiger charge is 2.29. The summed E-state index contributed by atoms with van der Waals surface area (Å²) in [5.74, 6) is 0.0995. The maximum atomic E-state index is 11.9. The van der Waals surface area contributed by atoms with Gasteiger partial charge in [0.2, 0.25) is 0 Å². The van der Waals surface area contributed by atoms with Crippen molar-refractivity contribution in [3.63, 3.8) is 0 Å². The molecule has 4 N–H and O–H groups in total. The number of H-pyrrole nitrogens is 2. The van der Waals surface area contributed by atoms with Gasteiger partial charge in [-0.15, -0.1) is 0 Å². The molecule has 0 aliphatic carbocycles. The molecule has 1 aromatic carbocycles.